The van der Waals surface area contributed by atoms with Crippen molar-refractivity contribution in [2.75, 3.05) is 19.7 Å². The number of amides is 1. The van der Waals surface area contributed by atoms with Crippen LogP contribution < -0.4 is 9.79 Å². The first-order chi connectivity index (χ1) is 13.5. The zero-order valence-electron chi connectivity index (χ0n) is 16.0. The lowest BCUT2D eigenvalue weighted by molar-refractivity contribution is -0.751. The van der Waals surface area contributed by atoms with E-state index in [-0.39, 0.29) is 18.4 Å². The van der Waals surface area contributed by atoms with Gasteiger partial charge in [0.05, 0.1) is 17.3 Å². The van der Waals surface area contributed by atoms with Crippen LogP contribution in [0.3, 0.4) is 0 Å². The number of nitrogens with zero attached hydrogens (tertiary/aromatic N) is 3. The highest BCUT2D eigenvalue weighted by molar-refractivity contribution is 5.80. The van der Waals surface area contributed by atoms with Gasteiger partial charge in [-0.05, 0) is 38.2 Å². The molecule has 2 aromatic rings. The van der Waals surface area contributed by atoms with Crippen molar-refractivity contribution in [3.63, 3.8) is 0 Å². The minimum atomic E-state index is -0.724. The fraction of sp³-hybridized carbons (Fsp3) is 0.500. The molecule has 1 aromatic heterocycles. The molecule has 8 heteroatoms. The number of aromatic nitrogens is 2. The zero-order chi connectivity index (χ0) is 20.0. The molecule has 1 saturated heterocycles. The average molecular weight is 387 g/mol. The highest BCUT2D eigenvalue weighted by atomic mass is 16.6. The Bertz CT molecular complexity index is 807. The molecule has 1 aliphatic rings. The molecule has 1 unspecified atom stereocenters. The maximum Gasteiger partial charge on any atom is 0.313 e. The van der Waals surface area contributed by atoms with Crippen molar-refractivity contribution in [1.29, 1.82) is 0 Å². The summed E-state index contributed by atoms with van der Waals surface area (Å²) >= 11 is 0. The van der Waals surface area contributed by atoms with Gasteiger partial charge in [-0.25, -0.2) is 0 Å². The molecule has 3 rings (SSSR count). The predicted octanol–water partition coefficient (Wildman–Crippen LogP) is 0.840. The summed E-state index contributed by atoms with van der Waals surface area (Å²) < 4.78 is 11.0. The van der Waals surface area contributed by atoms with Crippen molar-refractivity contribution in [2.45, 2.75) is 39.2 Å². The van der Waals surface area contributed by atoms with Gasteiger partial charge in [-0.1, -0.05) is 35.0 Å². The second-order valence-corrected chi connectivity index (χ2v) is 7.12. The highest BCUT2D eigenvalue weighted by Gasteiger charge is 2.44. The summed E-state index contributed by atoms with van der Waals surface area (Å²) in [7, 11) is 0. The number of rotatable bonds is 7. The number of likely N-dealkylation sites (tertiary alicyclic amines) is 1. The molecule has 1 fully saturated rings. The first-order valence-corrected chi connectivity index (χ1v) is 9.55. The number of carbonyl (C=O) groups excluding carboxylic acids is 2. The van der Waals surface area contributed by atoms with Gasteiger partial charge >= 0.3 is 5.97 Å². The molecule has 0 bridgehead atoms. The molecular weight excluding hydrogens is 362 g/mol. The molecule has 0 saturated carbocycles. The van der Waals surface area contributed by atoms with E-state index in [4.69, 9.17) is 4.74 Å². The van der Waals surface area contributed by atoms with Gasteiger partial charge in [0.25, 0.3) is 12.5 Å². The number of carbonyl (C=O) groups is 2. The van der Waals surface area contributed by atoms with Gasteiger partial charge < -0.3 is 19.3 Å². The smallest absolute Gasteiger partial charge is 0.313 e. The van der Waals surface area contributed by atoms with Crippen LogP contribution in [0.2, 0.25) is 0 Å². The molecule has 1 atom stereocenters. The molecule has 1 aromatic carbocycles. The molecule has 1 amide bonds. The van der Waals surface area contributed by atoms with Crippen molar-refractivity contribution in [2.24, 2.45) is 5.41 Å². The number of benzene rings is 1. The third kappa shape index (κ3) is 4.68. The fourth-order valence-electron chi connectivity index (χ4n) is 3.70. The molecule has 8 nitrogen and oxygen atoms in total. The Labute approximate surface area is 163 Å². The normalized spacial score (nSPS) is 19.4. The second kappa shape index (κ2) is 8.86. The molecule has 0 aliphatic carbocycles. The monoisotopic (exact) mass is 387 g/mol. The lowest BCUT2D eigenvalue weighted by Gasteiger charge is -2.40. The molecule has 28 heavy (non-hydrogen) atoms. The Morgan fingerprint density at radius 3 is 2.82 bits per heavy atom. The highest BCUT2D eigenvalue weighted by Crippen LogP contribution is 2.36. The molecule has 2 heterocycles. The molecule has 150 valence electrons. The largest absolute Gasteiger partial charge is 0.539 e. The van der Waals surface area contributed by atoms with Crippen molar-refractivity contribution in [3.05, 3.63) is 42.1 Å². The van der Waals surface area contributed by atoms with E-state index in [0.29, 0.717) is 32.5 Å². The molecule has 0 N–H and O–H groups in total. The first-order valence-electron chi connectivity index (χ1n) is 9.55. The van der Waals surface area contributed by atoms with Crippen LogP contribution in [-0.4, -0.2) is 41.7 Å². The summed E-state index contributed by atoms with van der Waals surface area (Å²) in [5, 5.41) is 14.6. The summed E-state index contributed by atoms with van der Waals surface area (Å²) in [6.07, 6.45) is 3.89. The average Bonchev–Trinajstić information content (AvgIpc) is 3.12. The van der Waals surface area contributed by atoms with Gasteiger partial charge in [0.15, 0.2) is 0 Å². The van der Waals surface area contributed by atoms with Crippen LogP contribution in [0.1, 0.15) is 31.7 Å². The SMILES string of the molecule is CCOC(=O)C1(CCc2ccccc2)CCCN(C(=O)C[n+]2cc([O-])on2)C1. The van der Waals surface area contributed by atoms with E-state index >= 15 is 0 Å². The summed E-state index contributed by atoms with van der Waals surface area (Å²) in [5.41, 5.74) is 0.425. The molecule has 1 aliphatic heterocycles. The van der Waals surface area contributed by atoms with E-state index in [0.717, 1.165) is 24.6 Å². The number of ether oxygens (including phenoxy) is 1. The Hall–Kier alpha value is -2.90. The van der Waals surface area contributed by atoms with Gasteiger partial charge in [-0.3, -0.25) is 9.59 Å². The number of aryl methyl sites for hydroxylation is 1. The van der Waals surface area contributed by atoms with E-state index in [1.807, 2.05) is 30.3 Å². The Morgan fingerprint density at radius 2 is 2.14 bits per heavy atom. The third-order valence-corrected chi connectivity index (χ3v) is 5.16. The third-order valence-electron chi connectivity index (χ3n) is 5.16. The van der Waals surface area contributed by atoms with Crippen LogP contribution in [-0.2, 0) is 27.3 Å². The summed E-state index contributed by atoms with van der Waals surface area (Å²) in [6, 6.07) is 9.98. The van der Waals surface area contributed by atoms with E-state index in [1.165, 1.54) is 4.68 Å². The number of hydrogen-bond acceptors (Lipinski definition) is 6. The Kier molecular flexibility index (Phi) is 6.28. The summed E-state index contributed by atoms with van der Waals surface area (Å²) in [6.45, 7) is 2.87. The first kappa shape index (κ1) is 19.9. The topological polar surface area (TPSA) is 99.6 Å². The van der Waals surface area contributed by atoms with Gasteiger partial charge in [0.2, 0.25) is 6.20 Å². The van der Waals surface area contributed by atoms with E-state index < -0.39 is 11.4 Å². The lowest BCUT2D eigenvalue weighted by atomic mass is 9.75. The lowest BCUT2D eigenvalue weighted by Crippen LogP contribution is -2.54. The van der Waals surface area contributed by atoms with Gasteiger partial charge in [-0.15, -0.1) is 0 Å². The van der Waals surface area contributed by atoms with E-state index in [1.54, 1.807) is 11.8 Å². The number of hydrogen-bond donors (Lipinski definition) is 0. The van der Waals surface area contributed by atoms with Crippen LogP contribution in [0.5, 0.6) is 5.95 Å². The summed E-state index contributed by atoms with van der Waals surface area (Å²) in [5.74, 6) is -1.05. The van der Waals surface area contributed by atoms with Crippen LogP contribution in [0, 0.1) is 5.41 Å². The summed E-state index contributed by atoms with van der Waals surface area (Å²) in [4.78, 5) is 27.2. The maximum atomic E-state index is 12.8. The maximum absolute atomic E-state index is 12.8. The van der Waals surface area contributed by atoms with E-state index in [2.05, 4.69) is 9.79 Å². The van der Waals surface area contributed by atoms with Crippen molar-refractivity contribution in [3.8, 4) is 5.95 Å². The van der Waals surface area contributed by atoms with Crippen molar-refractivity contribution >= 4 is 11.9 Å². The van der Waals surface area contributed by atoms with Crippen LogP contribution in [0.25, 0.3) is 0 Å². The van der Waals surface area contributed by atoms with Crippen LogP contribution >= 0.6 is 0 Å². The zero-order valence-corrected chi connectivity index (χ0v) is 16.0. The molecule has 0 spiro atoms. The van der Waals surface area contributed by atoms with Crippen LogP contribution in [0.15, 0.2) is 41.1 Å². The number of esters is 1. The number of piperidine rings is 1. The van der Waals surface area contributed by atoms with Gasteiger partial charge in [-0.2, -0.15) is 0 Å². The second-order valence-electron chi connectivity index (χ2n) is 7.12. The molecule has 0 radical (unpaired) electrons. The van der Waals surface area contributed by atoms with Crippen molar-refractivity contribution in [1.82, 2.24) is 10.2 Å². The van der Waals surface area contributed by atoms with Crippen molar-refractivity contribution < 1.29 is 28.6 Å². The standard InChI is InChI=1S/C20H25N3O5/c1-2-27-19(26)20(11-9-16-7-4-3-5-8-16)10-6-12-22(15-20)17(24)13-23-14-18(25)28-21-23/h3-5,7-8,14H,2,6,9-13,15H2,1H3. The minimum Gasteiger partial charge on any atom is -0.539 e. The van der Waals surface area contributed by atoms with E-state index in [9.17, 15) is 14.7 Å². The predicted molar refractivity (Wildman–Crippen MR) is 95.8 cm³/mol. The Balaban J connectivity index is 1.72. The fourth-order valence-corrected chi connectivity index (χ4v) is 3.70. The quantitative estimate of drug-likeness (QED) is 0.516. The van der Waals surface area contributed by atoms with Gasteiger partial charge in [0.1, 0.15) is 5.95 Å². The van der Waals surface area contributed by atoms with Gasteiger partial charge in [0, 0.05) is 13.1 Å². The van der Waals surface area contributed by atoms with Crippen LogP contribution in [0.4, 0.5) is 0 Å². The Morgan fingerprint density at radius 1 is 1.36 bits per heavy atom. The molecular formula is C20H25N3O5. The minimum absolute atomic E-state index is 0.0939.